The lowest BCUT2D eigenvalue weighted by atomic mass is 9.74. The summed E-state index contributed by atoms with van der Waals surface area (Å²) in [4.78, 5) is 31.6. The van der Waals surface area contributed by atoms with Crippen LogP contribution in [0.1, 0.15) is 42.6 Å². The van der Waals surface area contributed by atoms with Gasteiger partial charge in [-0.05, 0) is 30.0 Å². The zero-order chi connectivity index (χ0) is 24.7. The summed E-state index contributed by atoms with van der Waals surface area (Å²) in [6.07, 6.45) is 0.736. The molecule has 0 radical (unpaired) electrons. The normalized spacial score (nSPS) is 18.1. The Bertz CT molecular complexity index is 1030. The Balaban J connectivity index is 1.73. The molecule has 0 fully saturated rings. The number of halogens is 1. The SMILES string of the molecule is CC(C)CC(NC(=O)C1(Cc2ccccc2)CC(CNC(=O)c2ccccc2Cl)=NO1)B(O)O. The fraction of sp³-hybridized carbons (Fsp3) is 0.375. The van der Waals surface area contributed by atoms with E-state index >= 15 is 0 Å². The van der Waals surface area contributed by atoms with Crippen molar-refractivity contribution in [1.82, 2.24) is 10.6 Å². The van der Waals surface area contributed by atoms with Crippen LogP contribution in [-0.2, 0) is 16.1 Å². The van der Waals surface area contributed by atoms with Crippen LogP contribution in [0.3, 0.4) is 0 Å². The third-order valence-electron chi connectivity index (χ3n) is 5.56. The van der Waals surface area contributed by atoms with Gasteiger partial charge in [-0.3, -0.25) is 9.59 Å². The van der Waals surface area contributed by atoms with Gasteiger partial charge in [0.05, 0.1) is 28.8 Å². The molecular formula is C24H29BClN3O5. The van der Waals surface area contributed by atoms with Gasteiger partial charge in [0.25, 0.3) is 11.8 Å². The number of nitrogens with zero attached hydrogens (tertiary/aromatic N) is 1. The molecule has 0 saturated heterocycles. The van der Waals surface area contributed by atoms with E-state index in [0.717, 1.165) is 5.56 Å². The first-order valence-electron chi connectivity index (χ1n) is 11.2. The van der Waals surface area contributed by atoms with Crippen molar-refractivity contribution in [2.24, 2.45) is 11.1 Å². The van der Waals surface area contributed by atoms with E-state index in [2.05, 4.69) is 15.8 Å². The predicted molar refractivity (Wildman–Crippen MR) is 131 cm³/mol. The Kier molecular flexibility index (Phi) is 8.71. The van der Waals surface area contributed by atoms with E-state index in [1.54, 1.807) is 24.3 Å². The van der Waals surface area contributed by atoms with E-state index in [0.29, 0.717) is 22.7 Å². The predicted octanol–water partition coefficient (Wildman–Crippen LogP) is 2.37. The largest absolute Gasteiger partial charge is 0.475 e. The molecule has 0 saturated carbocycles. The minimum atomic E-state index is -1.71. The molecule has 0 aliphatic carbocycles. The van der Waals surface area contributed by atoms with Gasteiger partial charge in [0.1, 0.15) is 0 Å². The van der Waals surface area contributed by atoms with E-state index in [1.807, 2.05) is 44.2 Å². The highest BCUT2D eigenvalue weighted by Gasteiger charge is 2.48. The lowest BCUT2D eigenvalue weighted by Crippen LogP contribution is -2.56. The van der Waals surface area contributed by atoms with Crippen LogP contribution in [-0.4, -0.2) is 52.8 Å². The minimum absolute atomic E-state index is 0.0753. The summed E-state index contributed by atoms with van der Waals surface area (Å²) in [5.41, 5.74) is 0.302. The fourth-order valence-electron chi connectivity index (χ4n) is 3.85. The van der Waals surface area contributed by atoms with Gasteiger partial charge in [0.15, 0.2) is 0 Å². The minimum Gasteiger partial charge on any atom is -0.426 e. The zero-order valence-electron chi connectivity index (χ0n) is 19.2. The van der Waals surface area contributed by atoms with E-state index in [-0.39, 0.29) is 31.2 Å². The number of carbonyl (C=O) groups is 2. The number of nitrogens with one attached hydrogen (secondary N) is 2. The van der Waals surface area contributed by atoms with E-state index < -0.39 is 24.6 Å². The monoisotopic (exact) mass is 485 g/mol. The maximum atomic E-state index is 13.4. The molecule has 4 N–H and O–H groups in total. The van der Waals surface area contributed by atoms with Crippen LogP contribution in [0.5, 0.6) is 0 Å². The molecule has 0 bridgehead atoms. The van der Waals surface area contributed by atoms with Gasteiger partial charge in [-0.25, -0.2) is 0 Å². The summed E-state index contributed by atoms with van der Waals surface area (Å²) in [5.74, 6) is -1.58. The van der Waals surface area contributed by atoms with E-state index in [9.17, 15) is 19.6 Å². The number of carbonyl (C=O) groups excluding carboxylic acids is 2. The van der Waals surface area contributed by atoms with Gasteiger partial charge < -0.3 is 25.5 Å². The van der Waals surface area contributed by atoms with E-state index in [1.165, 1.54) is 0 Å². The van der Waals surface area contributed by atoms with Gasteiger partial charge in [-0.15, -0.1) is 0 Å². The second-order valence-corrected chi connectivity index (χ2v) is 9.28. The van der Waals surface area contributed by atoms with Crippen LogP contribution in [0, 0.1) is 5.92 Å². The highest BCUT2D eigenvalue weighted by molar-refractivity contribution is 6.43. The lowest BCUT2D eigenvalue weighted by Gasteiger charge is -2.29. The molecule has 0 aromatic heterocycles. The number of hydrogen-bond donors (Lipinski definition) is 4. The van der Waals surface area contributed by atoms with E-state index in [4.69, 9.17) is 16.4 Å². The first kappa shape index (κ1) is 25.7. The molecule has 1 aliphatic rings. The second kappa shape index (κ2) is 11.5. The lowest BCUT2D eigenvalue weighted by molar-refractivity contribution is -0.144. The van der Waals surface area contributed by atoms with Crippen LogP contribution < -0.4 is 10.6 Å². The highest BCUT2D eigenvalue weighted by Crippen LogP contribution is 2.29. The van der Waals surface area contributed by atoms with Crippen molar-refractivity contribution < 1.29 is 24.5 Å². The Morgan fingerprint density at radius 1 is 1.15 bits per heavy atom. The number of amides is 2. The number of oxime groups is 1. The summed E-state index contributed by atoms with van der Waals surface area (Å²) in [6, 6.07) is 16.1. The Morgan fingerprint density at radius 3 is 2.47 bits per heavy atom. The molecule has 1 aliphatic heterocycles. The molecule has 0 spiro atoms. The van der Waals surface area contributed by atoms with Gasteiger partial charge in [0.2, 0.25) is 5.60 Å². The van der Waals surface area contributed by atoms with Crippen molar-refractivity contribution in [3.05, 3.63) is 70.7 Å². The summed E-state index contributed by atoms with van der Waals surface area (Å²) in [5, 5.41) is 29.4. The number of rotatable bonds is 10. The third-order valence-corrected chi connectivity index (χ3v) is 5.89. The maximum Gasteiger partial charge on any atom is 0.475 e. The Morgan fingerprint density at radius 2 is 1.82 bits per heavy atom. The molecule has 2 atom stereocenters. The quantitative estimate of drug-likeness (QED) is 0.385. The van der Waals surface area contributed by atoms with Crippen molar-refractivity contribution in [3.8, 4) is 0 Å². The van der Waals surface area contributed by atoms with Gasteiger partial charge in [0, 0.05) is 12.8 Å². The third kappa shape index (κ3) is 6.59. The van der Waals surface area contributed by atoms with Gasteiger partial charge in [-0.1, -0.05) is 73.1 Å². The molecule has 34 heavy (non-hydrogen) atoms. The molecule has 8 nitrogen and oxygen atoms in total. The second-order valence-electron chi connectivity index (χ2n) is 8.87. The molecular weight excluding hydrogens is 457 g/mol. The van der Waals surface area contributed by atoms with Crippen molar-refractivity contribution >= 4 is 36.2 Å². The Hall–Kier alpha value is -2.88. The average Bonchev–Trinajstić information content (AvgIpc) is 3.21. The number of hydrogen-bond acceptors (Lipinski definition) is 6. The highest BCUT2D eigenvalue weighted by atomic mass is 35.5. The average molecular weight is 486 g/mol. The zero-order valence-corrected chi connectivity index (χ0v) is 20.0. The summed E-state index contributed by atoms with van der Waals surface area (Å²) >= 11 is 6.09. The van der Waals surface area contributed by atoms with Crippen molar-refractivity contribution in [1.29, 1.82) is 0 Å². The summed E-state index contributed by atoms with van der Waals surface area (Å²) in [7, 11) is -1.71. The summed E-state index contributed by atoms with van der Waals surface area (Å²) < 4.78 is 0. The Labute approximate surface area is 204 Å². The molecule has 2 unspecified atom stereocenters. The smallest absolute Gasteiger partial charge is 0.426 e. The van der Waals surface area contributed by atoms with Crippen LogP contribution in [0.2, 0.25) is 5.02 Å². The molecule has 2 amide bonds. The molecule has 3 rings (SSSR count). The van der Waals surface area contributed by atoms with Crippen LogP contribution >= 0.6 is 11.6 Å². The molecule has 1 heterocycles. The number of benzene rings is 2. The van der Waals surface area contributed by atoms with Crippen molar-refractivity contribution in [3.63, 3.8) is 0 Å². The molecule has 10 heteroatoms. The van der Waals surface area contributed by atoms with Gasteiger partial charge in [-0.2, -0.15) is 0 Å². The van der Waals surface area contributed by atoms with Gasteiger partial charge >= 0.3 is 7.12 Å². The van der Waals surface area contributed by atoms with Crippen LogP contribution in [0.25, 0.3) is 0 Å². The first-order valence-corrected chi connectivity index (χ1v) is 11.6. The van der Waals surface area contributed by atoms with Crippen LogP contribution in [0.4, 0.5) is 0 Å². The molecule has 2 aromatic rings. The topological polar surface area (TPSA) is 120 Å². The summed E-state index contributed by atoms with van der Waals surface area (Å²) in [6.45, 7) is 3.93. The van der Waals surface area contributed by atoms with Crippen molar-refractivity contribution in [2.45, 2.75) is 44.7 Å². The standard InChI is InChI=1S/C24H29BClN3O5/c1-16(2)12-21(25(32)33)28-23(31)24(13-17-8-4-3-5-9-17)14-18(29-34-24)15-27-22(30)19-10-6-7-11-20(19)26/h3-11,16,21,32-33H,12-15H2,1-2H3,(H,27,30)(H,28,31). The first-order chi connectivity index (χ1) is 16.2. The van der Waals surface area contributed by atoms with Crippen molar-refractivity contribution in [2.75, 3.05) is 6.54 Å². The molecule has 2 aromatic carbocycles. The van der Waals surface area contributed by atoms with Crippen LogP contribution in [0.15, 0.2) is 59.8 Å². The maximum absolute atomic E-state index is 13.4. The molecule has 180 valence electrons. The fourth-order valence-corrected chi connectivity index (χ4v) is 4.07.